The number of carbonyl (C=O) groups is 1. The van der Waals surface area contributed by atoms with Crippen LogP contribution >= 0.6 is 0 Å². The molecule has 29 heavy (non-hydrogen) atoms. The summed E-state index contributed by atoms with van der Waals surface area (Å²) >= 11 is 0. The molecule has 9 heteroatoms. The number of nitro groups is 1. The Hall–Kier alpha value is -4.32. The topological polar surface area (TPSA) is 122 Å². The summed E-state index contributed by atoms with van der Waals surface area (Å²) < 4.78 is 19.4. The van der Waals surface area contributed by atoms with Gasteiger partial charge in [0.1, 0.15) is 17.3 Å². The van der Waals surface area contributed by atoms with E-state index in [9.17, 15) is 19.3 Å². The first-order chi connectivity index (χ1) is 13.9. The Morgan fingerprint density at radius 2 is 2.07 bits per heavy atom. The molecule has 0 saturated carbocycles. The van der Waals surface area contributed by atoms with Gasteiger partial charge in [-0.1, -0.05) is 0 Å². The van der Waals surface area contributed by atoms with Crippen molar-refractivity contribution in [3.05, 3.63) is 86.9 Å². The molecule has 1 aromatic heterocycles. The van der Waals surface area contributed by atoms with Gasteiger partial charge in [-0.3, -0.25) is 14.9 Å². The molecule has 2 aromatic carbocycles. The minimum absolute atomic E-state index is 0.0164. The van der Waals surface area contributed by atoms with Crippen molar-refractivity contribution >= 4 is 17.8 Å². The quantitative estimate of drug-likeness (QED) is 0.400. The molecule has 1 N–H and O–H groups in total. The van der Waals surface area contributed by atoms with Crippen molar-refractivity contribution in [2.24, 2.45) is 5.10 Å². The minimum atomic E-state index is -0.828. The van der Waals surface area contributed by atoms with Crippen LogP contribution in [-0.2, 0) is 0 Å². The van der Waals surface area contributed by atoms with Crippen molar-refractivity contribution in [2.75, 3.05) is 0 Å². The lowest BCUT2D eigenvalue weighted by Crippen LogP contribution is -2.19. The molecule has 0 aliphatic carbocycles. The number of carbonyl (C=O) groups excluding carboxylic acids is 1. The van der Waals surface area contributed by atoms with Gasteiger partial charge in [0, 0.05) is 17.7 Å². The third-order valence-corrected chi connectivity index (χ3v) is 4.01. The summed E-state index contributed by atoms with van der Waals surface area (Å²) in [5.74, 6) is -0.812. The monoisotopic (exact) mass is 392 g/mol. The van der Waals surface area contributed by atoms with E-state index in [-0.39, 0.29) is 16.8 Å². The molecule has 0 fully saturated rings. The number of hydrazone groups is 1. The number of amides is 1. The van der Waals surface area contributed by atoms with Gasteiger partial charge in [-0.25, -0.2) is 9.82 Å². The normalized spacial score (nSPS) is 10.7. The van der Waals surface area contributed by atoms with Crippen molar-refractivity contribution in [1.29, 1.82) is 5.26 Å². The Bertz CT molecular complexity index is 1180. The van der Waals surface area contributed by atoms with Gasteiger partial charge in [0.15, 0.2) is 0 Å². The lowest BCUT2D eigenvalue weighted by atomic mass is 10.1. The Morgan fingerprint density at radius 1 is 1.28 bits per heavy atom. The highest BCUT2D eigenvalue weighted by Crippen LogP contribution is 2.28. The smallest absolute Gasteiger partial charge is 0.274 e. The highest BCUT2D eigenvalue weighted by molar-refractivity contribution is 5.95. The Kier molecular flexibility index (Phi) is 5.46. The SMILES string of the molecule is Cc1cc([N+](=O)[O-])ccc1-c1ccc(/C=N/NC(=O)c2ccc(C#N)cc2F)o1. The number of nitrogens with zero attached hydrogens (tertiary/aromatic N) is 3. The fourth-order valence-corrected chi connectivity index (χ4v) is 2.59. The van der Waals surface area contributed by atoms with Gasteiger partial charge in [0.25, 0.3) is 11.6 Å². The third kappa shape index (κ3) is 4.33. The van der Waals surface area contributed by atoms with Gasteiger partial charge in [-0.2, -0.15) is 10.4 Å². The van der Waals surface area contributed by atoms with Crippen molar-refractivity contribution in [2.45, 2.75) is 6.92 Å². The number of nitro benzene ring substituents is 1. The van der Waals surface area contributed by atoms with Crippen LogP contribution in [0.5, 0.6) is 0 Å². The predicted octanol–water partition coefficient (Wildman–Crippen LogP) is 3.94. The van der Waals surface area contributed by atoms with Crippen LogP contribution in [-0.4, -0.2) is 17.0 Å². The summed E-state index contributed by atoms with van der Waals surface area (Å²) in [6.07, 6.45) is 1.24. The zero-order valence-corrected chi connectivity index (χ0v) is 15.0. The van der Waals surface area contributed by atoms with Crippen LogP contribution in [0.2, 0.25) is 0 Å². The van der Waals surface area contributed by atoms with Gasteiger partial charge in [0.05, 0.1) is 28.3 Å². The summed E-state index contributed by atoms with van der Waals surface area (Å²) in [4.78, 5) is 22.3. The minimum Gasteiger partial charge on any atom is -0.455 e. The van der Waals surface area contributed by atoms with Crippen LogP contribution in [0.4, 0.5) is 10.1 Å². The van der Waals surface area contributed by atoms with E-state index < -0.39 is 16.6 Å². The molecule has 0 bridgehead atoms. The highest BCUT2D eigenvalue weighted by Gasteiger charge is 2.13. The number of hydrogen-bond acceptors (Lipinski definition) is 6. The molecule has 3 rings (SSSR count). The van der Waals surface area contributed by atoms with Gasteiger partial charge in [0.2, 0.25) is 0 Å². The molecule has 0 aliphatic heterocycles. The molecule has 8 nitrogen and oxygen atoms in total. The average molecular weight is 392 g/mol. The largest absolute Gasteiger partial charge is 0.455 e. The van der Waals surface area contributed by atoms with E-state index in [1.807, 2.05) is 0 Å². The van der Waals surface area contributed by atoms with E-state index >= 15 is 0 Å². The number of rotatable bonds is 5. The van der Waals surface area contributed by atoms with Gasteiger partial charge >= 0.3 is 0 Å². The lowest BCUT2D eigenvalue weighted by molar-refractivity contribution is -0.384. The first kappa shape index (κ1) is 19.4. The summed E-state index contributed by atoms with van der Waals surface area (Å²) in [6.45, 7) is 1.73. The van der Waals surface area contributed by atoms with Crippen molar-refractivity contribution in [1.82, 2.24) is 5.43 Å². The fraction of sp³-hybridized carbons (Fsp3) is 0.0500. The molecular formula is C20H13FN4O4. The molecule has 0 radical (unpaired) electrons. The van der Waals surface area contributed by atoms with Crippen LogP contribution in [0, 0.1) is 34.2 Å². The second-order valence-electron chi connectivity index (χ2n) is 5.96. The van der Waals surface area contributed by atoms with E-state index in [0.717, 1.165) is 6.07 Å². The number of benzene rings is 2. The number of aryl methyl sites for hydroxylation is 1. The number of nitriles is 1. The Morgan fingerprint density at radius 3 is 2.72 bits per heavy atom. The highest BCUT2D eigenvalue weighted by atomic mass is 19.1. The third-order valence-electron chi connectivity index (χ3n) is 4.01. The van der Waals surface area contributed by atoms with E-state index in [1.165, 1.54) is 30.5 Å². The molecule has 3 aromatic rings. The van der Waals surface area contributed by atoms with Gasteiger partial charge in [-0.15, -0.1) is 0 Å². The summed E-state index contributed by atoms with van der Waals surface area (Å²) in [7, 11) is 0. The number of nitrogens with one attached hydrogen (secondary N) is 1. The zero-order valence-electron chi connectivity index (χ0n) is 15.0. The fourth-order valence-electron chi connectivity index (χ4n) is 2.59. The van der Waals surface area contributed by atoms with Crippen molar-refractivity contribution in [3.8, 4) is 17.4 Å². The van der Waals surface area contributed by atoms with Crippen molar-refractivity contribution in [3.63, 3.8) is 0 Å². The molecule has 1 amide bonds. The zero-order chi connectivity index (χ0) is 21.0. The Labute approximate surface area is 164 Å². The van der Waals surface area contributed by atoms with Crippen LogP contribution in [0.15, 0.2) is 58.0 Å². The standard InChI is InChI=1S/C20H13FN4O4/c1-12-8-14(25(27)28)3-6-16(12)19-7-4-15(29-19)11-23-24-20(26)17-5-2-13(10-22)9-18(17)21/h2-9,11H,1H3,(H,24,26)/b23-11+. The maximum atomic E-state index is 13.8. The molecule has 1 heterocycles. The van der Waals surface area contributed by atoms with Crippen LogP contribution in [0.1, 0.15) is 27.2 Å². The maximum Gasteiger partial charge on any atom is 0.274 e. The van der Waals surface area contributed by atoms with Gasteiger partial charge in [-0.05, 0) is 48.9 Å². The number of non-ortho nitro benzene ring substituents is 1. The predicted molar refractivity (Wildman–Crippen MR) is 102 cm³/mol. The van der Waals surface area contributed by atoms with Crippen LogP contribution < -0.4 is 5.43 Å². The summed E-state index contributed by atoms with van der Waals surface area (Å²) in [5.41, 5.74) is 3.37. The van der Waals surface area contributed by atoms with Crippen LogP contribution in [0.3, 0.4) is 0 Å². The lowest BCUT2D eigenvalue weighted by Gasteiger charge is -2.02. The van der Waals surface area contributed by atoms with Crippen molar-refractivity contribution < 1.29 is 18.5 Å². The first-order valence-corrected chi connectivity index (χ1v) is 8.27. The molecule has 0 unspecified atom stereocenters. The molecule has 0 aliphatic rings. The van der Waals surface area contributed by atoms with Crippen LogP contribution in [0.25, 0.3) is 11.3 Å². The number of hydrogen-bond donors (Lipinski definition) is 1. The average Bonchev–Trinajstić information content (AvgIpc) is 3.16. The molecule has 0 saturated heterocycles. The van der Waals surface area contributed by atoms with Gasteiger partial charge < -0.3 is 4.42 Å². The van der Waals surface area contributed by atoms with E-state index in [4.69, 9.17) is 9.68 Å². The molecule has 0 spiro atoms. The Balaban J connectivity index is 1.70. The molecule has 0 atom stereocenters. The van der Waals surface area contributed by atoms with E-state index in [2.05, 4.69) is 10.5 Å². The second kappa shape index (κ2) is 8.14. The first-order valence-electron chi connectivity index (χ1n) is 8.27. The summed E-state index contributed by atoms with van der Waals surface area (Å²) in [5, 5.41) is 23.3. The number of furan rings is 1. The van der Waals surface area contributed by atoms with E-state index in [1.54, 1.807) is 31.2 Å². The molecule has 144 valence electrons. The summed E-state index contributed by atoms with van der Waals surface area (Å²) in [6, 6.07) is 12.9. The molecular weight excluding hydrogens is 379 g/mol. The maximum absolute atomic E-state index is 13.8. The second-order valence-corrected chi connectivity index (χ2v) is 5.96. The van der Waals surface area contributed by atoms with E-state index in [0.29, 0.717) is 22.6 Å². The number of halogens is 1.